The van der Waals surface area contributed by atoms with E-state index in [1.807, 2.05) is 24.4 Å². The van der Waals surface area contributed by atoms with E-state index < -0.39 is 5.97 Å². The predicted octanol–water partition coefficient (Wildman–Crippen LogP) is 2.33. The molecule has 11 heavy (non-hydrogen) atoms. The average Bonchev–Trinajstić information content (AvgIpc) is 2.35. The summed E-state index contributed by atoms with van der Waals surface area (Å²) < 4.78 is 0. The average molecular weight is 170 g/mol. The molecule has 0 fully saturated rings. The highest BCUT2D eigenvalue weighted by Gasteiger charge is 2.09. The highest BCUT2D eigenvalue weighted by molar-refractivity contribution is 7.10. The molecular formula is C8H10O2S. The maximum absolute atomic E-state index is 10.3. The lowest BCUT2D eigenvalue weighted by molar-refractivity contribution is -0.137. The quantitative estimate of drug-likeness (QED) is 0.755. The van der Waals surface area contributed by atoms with Gasteiger partial charge in [-0.05, 0) is 11.4 Å². The fourth-order valence-corrected chi connectivity index (χ4v) is 1.72. The number of carbonyl (C=O) groups is 1. The molecule has 1 rings (SSSR count). The zero-order valence-corrected chi connectivity index (χ0v) is 7.10. The minimum Gasteiger partial charge on any atom is -0.481 e. The first kappa shape index (κ1) is 8.27. The van der Waals surface area contributed by atoms with Gasteiger partial charge in [0.15, 0.2) is 0 Å². The lowest BCUT2D eigenvalue weighted by Gasteiger charge is -2.03. The number of carboxylic acids is 1. The predicted molar refractivity (Wildman–Crippen MR) is 45.0 cm³/mol. The SMILES string of the molecule is C[C@H](CC(=O)O)c1cccs1. The van der Waals surface area contributed by atoms with Gasteiger partial charge in [0.05, 0.1) is 6.42 Å². The van der Waals surface area contributed by atoms with Crippen LogP contribution in [0, 0.1) is 0 Å². The first-order valence-corrected chi connectivity index (χ1v) is 4.33. The van der Waals surface area contributed by atoms with Crippen LogP contribution in [0.1, 0.15) is 24.1 Å². The summed E-state index contributed by atoms with van der Waals surface area (Å²) in [5.41, 5.74) is 0. The third-order valence-corrected chi connectivity index (χ3v) is 2.61. The van der Waals surface area contributed by atoms with Gasteiger partial charge in [-0.15, -0.1) is 11.3 Å². The molecule has 0 aromatic carbocycles. The topological polar surface area (TPSA) is 37.3 Å². The van der Waals surface area contributed by atoms with Crippen LogP contribution in [0.15, 0.2) is 17.5 Å². The molecule has 1 heterocycles. The van der Waals surface area contributed by atoms with Gasteiger partial charge in [-0.3, -0.25) is 4.79 Å². The maximum Gasteiger partial charge on any atom is 0.303 e. The molecule has 0 aliphatic carbocycles. The van der Waals surface area contributed by atoms with E-state index >= 15 is 0 Å². The van der Waals surface area contributed by atoms with Crippen LogP contribution in [0.25, 0.3) is 0 Å². The molecule has 0 amide bonds. The van der Waals surface area contributed by atoms with E-state index in [0.29, 0.717) is 0 Å². The van der Waals surface area contributed by atoms with Crippen molar-refractivity contribution in [1.82, 2.24) is 0 Å². The van der Waals surface area contributed by atoms with Crippen LogP contribution in [0.2, 0.25) is 0 Å². The second-order valence-electron chi connectivity index (χ2n) is 2.51. The molecular weight excluding hydrogens is 160 g/mol. The minimum atomic E-state index is -0.731. The molecule has 0 spiro atoms. The van der Waals surface area contributed by atoms with Gasteiger partial charge in [-0.2, -0.15) is 0 Å². The third kappa shape index (κ3) is 2.35. The van der Waals surface area contributed by atoms with E-state index in [4.69, 9.17) is 5.11 Å². The Morgan fingerprint density at radius 1 is 1.82 bits per heavy atom. The number of aliphatic carboxylic acids is 1. The van der Waals surface area contributed by atoms with Crippen molar-refractivity contribution in [3.05, 3.63) is 22.4 Å². The molecule has 1 atom stereocenters. The summed E-state index contributed by atoms with van der Waals surface area (Å²) in [6.07, 6.45) is 0.223. The normalized spacial score (nSPS) is 12.8. The number of hydrogen-bond acceptors (Lipinski definition) is 2. The highest BCUT2D eigenvalue weighted by atomic mass is 32.1. The summed E-state index contributed by atoms with van der Waals surface area (Å²) in [6.45, 7) is 1.93. The van der Waals surface area contributed by atoms with E-state index in [1.165, 1.54) is 0 Å². The lowest BCUT2D eigenvalue weighted by Crippen LogP contribution is -2.00. The summed E-state index contributed by atoms with van der Waals surface area (Å²) in [5, 5.41) is 10.5. The molecule has 0 aliphatic rings. The maximum atomic E-state index is 10.3. The van der Waals surface area contributed by atoms with Crippen LogP contribution >= 0.6 is 11.3 Å². The van der Waals surface area contributed by atoms with E-state index in [1.54, 1.807) is 11.3 Å². The van der Waals surface area contributed by atoms with Crippen LogP contribution in [0.4, 0.5) is 0 Å². The molecule has 0 saturated heterocycles. The molecule has 1 aromatic heterocycles. The molecule has 0 radical (unpaired) electrons. The first-order chi connectivity index (χ1) is 5.20. The summed E-state index contributed by atoms with van der Waals surface area (Å²) >= 11 is 1.61. The summed E-state index contributed by atoms with van der Waals surface area (Å²) in [4.78, 5) is 11.5. The van der Waals surface area contributed by atoms with Gasteiger partial charge in [0, 0.05) is 10.8 Å². The number of carboxylic acid groups (broad SMARTS) is 1. The summed E-state index contributed by atoms with van der Waals surface area (Å²) in [7, 11) is 0. The van der Waals surface area contributed by atoms with Crippen molar-refractivity contribution in [2.45, 2.75) is 19.3 Å². The zero-order valence-electron chi connectivity index (χ0n) is 6.28. The van der Waals surface area contributed by atoms with Crippen LogP contribution in [-0.2, 0) is 4.79 Å². The molecule has 0 bridgehead atoms. The van der Waals surface area contributed by atoms with E-state index in [9.17, 15) is 4.79 Å². The van der Waals surface area contributed by atoms with Crippen LogP contribution in [0.3, 0.4) is 0 Å². The molecule has 0 saturated carbocycles. The van der Waals surface area contributed by atoms with Crippen LogP contribution < -0.4 is 0 Å². The van der Waals surface area contributed by atoms with Crippen molar-refractivity contribution in [2.75, 3.05) is 0 Å². The highest BCUT2D eigenvalue weighted by Crippen LogP contribution is 2.23. The smallest absolute Gasteiger partial charge is 0.303 e. The van der Waals surface area contributed by atoms with Crippen molar-refractivity contribution in [2.24, 2.45) is 0 Å². The zero-order chi connectivity index (χ0) is 8.27. The Hall–Kier alpha value is -0.830. The van der Waals surface area contributed by atoms with E-state index in [-0.39, 0.29) is 12.3 Å². The Bertz CT molecular complexity index is 228. The monoisotopic (exact) mass is 170 g/mol. The molecule has 1 N–H and O–H groups in total. The van der Waals surface area contributed by atoms with Crippen LogP contribution in [0.5, 0.6) is 0 Å². The van der Waals surface area contributed by atoms with Crippen molar-refractivity contribution in [1.29, 1.82) is 0 Å². The molecule has 3 heteroatoms. The third-order valence-electron chi connectivity index (χ3n) is 1.51. The van der Waals surface area contributed by atoms with Gasteiger partial charge < -0.3 is 5.11 Å². The fraction of sp³-hybridized carbons (Fsp3) is 0.375. The fourth-order valence-electron chi connectivity index (χ4n) is 0.934. The Labute approximate surface area is 69.5 Å². The van der Waals surface area contributed by atoms with Crippen LogP contribution in [-0.4, -0.2) is 11.1 Å². The van der Waals surface area contributed by atoms with Crippen molar-refractivity contribution >= 4 is 17.3 Å². The van der Waals surface area contributed by atoms with Crippen molar-refractivity contribution in [3.8, 4) is 0 Å². The van der Waals surface area contributed by atoms with E-state index in [2.05, 4.69) is 0 Å². The van der Waals surface area contributed by atoms with Crippen molar-refractivity contribution in [3.63, 3.8) is 0 Å². The summed E-state index contributed by atoms with van der Waals surface area (Å²) in [5.74, 6) is -0.585. The van der Waals surface area contributed by atoms with Gasteiger partial charge in [0.1, 0.15) is 0 Å². The molecule has 0 unspecified atom stereocenters. The van der Waals surface area contributed by atoms with Crippen molar-refractivity contribution < 1.29 is 9.90 Å². The largest absolute Gasteiger partial charge is 0.481 e. The second-order valence-corrected chi connectivity index (χ2v) is 3.49. The number of rotatable bonds is 3. The number of hydrogen-bond donors (Lipinski definition) is 1. The minimum absolute atomic E-state index is 0.146. The standard InChI is InChI=1S/C8H10O2S/c1-6(5-8(9)10)7-3-2-4-11-7/h2-4,6H,5H2,1H3,(H,9,10)/t6-/m1/s1. The van der Waals surface area contributed by atoms with Gasteiger partial charge in [-0.25, -0.2) is 0 Å². The first-order valence-electron chi connectivity index (χ1n) is 3.45. The Morgan fingerprint density at radius 2 is 2.55 bits per heavy atom. The van der Waals surface area contributed by atoms with Gasteiger partial charge in [0.25, 0.3) is 0 Å². The molecule has 60 valence electrons. The Balaban J connectivity index is 2.56. The molecule has 1 aromatic rings. The Morgan fingerprint density at radius 3 is 3.00 bits per heavy atom. The van der Waals surface area contributed by atoms with Gasteiger partial charge in [0.2, 0.25) is 0 Å². The lowest BCUT2D eigenvalue weighted by atomic mass is 10.1. The van der Waals surface area contributed by atoms with Gasteiger partial charge >= 0.3 is 5.97 Å². The summed E-state index contributed by atoms with van der Waals surface area (Å²) in [6, 6.07) is 3.91. The molecule has 2 nitrogen and oxygen atoms in total. The number of thiophene rings is 1. The Kier molecular flexibility index (Phi) is 2.65. The van der Waals surface area contributed by atoms with Gasteiger partial charge in [-0.1, -0.05) is 13.0 Å². The molecule has 0 aliphatic heterocycles. The van der Waals surface area contributed by atoms with E-state index in [0.717, 1.165) is 4.88 Å². The second kappa shape index (κ2) is 3.53.